The molecule has 0 heterocycles. The fourth-order valence-electron chi connectivity index (χ4n) is 0.991. The summed E-state index contributed by atoms with van der Waals surface area (Å²) in [7, 11) is 0. The van der Waals surface area contributed by atoms with E-state index in [1.807, 2.05) is 6.92 Å². The molecule has 0 atom stereocenters. The monoisotopic (exact) mass is 172 g/mol. The van der Waals surface area contributed by atoms with Gasteiger partial charge in [-0.3, -0.25) is 0 Å². The average molecular weight is 173 g/mol. The molecule has 0 radical (unpaired) electrons. The Morgan fingerprint density at radius 3 is 2.64 bits per heavy atom. The second-order valence-electron chi connectivity index (χ2n) is 2.50. The second-order valence-corrected chi connectivity index (χ2v) is 2.91. The first-order valence-corrected chi connectivity index (χ1v) is 3.98. The Bertz CT molecular complexity index is 269. The highest BCUT2D eigenvalue weighted by atomic mass is 35.5. The van der Waals surface area contributed by atoms with Crippen LogP contribution in [0.3, 0.4) is 0 Å². The van der Waals surface area contributed by atoms with Crippen molar-refractivity contribution in [2.75, 3.05) is 0 Å². The highest BCUT2D eigenvalue weighted by Crippen LogP contribution is 2.21. The Morgan fingerprint density at radius 1 is 1.45 bits per heavy atom. The average Bonchev–Trinajstić information content (AvgIpc) is 2.01. The predicted octanol–water partition coefficient (Wildman–Crippen LogP) is 3.35. The van der Waals surface area contributed by atoms with Crippen molar-refractivity contribution in [2.45, 2.75) is 20.3 Å². The van der Waals surface area contributed by atoms with Gasteiger partial charge in [0.15, 0.2) is 0 Å². The van der Waals surface area contributed by atoms with Crippen molar-refractivity contribution in [1.29, 1.82) is 0 Å². The Morgan fingerprint density at radius 2 is 2.09 bits per heavy atom. The molecule has 0 aliphatic heterocycles. The number of hydrogen-bond acceptors (Lipinski definition) is 0. The summed E-state index contributed by atoms with van der Waals surface area (Å²) in [6.45, 7) is 3.61. The highest BCUT2D eigenvalue weighted by molar-refractivity contribution is 6.31. The molecule has 0 bridgehead atoms. The van der Waals surface area contributed by atoms with E-state index in [9.17, 15) is 4.39 Å². The molecular weight excluding hydrogens is 163 g/mol. The van der Waals surface area contributed by atoms with Gasteiger partial charge in [-0.15, -0.1) is 0 Å². The number of halogens is 2. The molecular formula is C9H10ClF. The van der Waals surface area contributed by atoms with Crippen LogP contribution in [0.5, 0.6) is 0 Å². The van der Waals surface area contributed by atoms with Gasteiger partial charge in [0, 0.05) is 10.6 Å². The first kappa shape index (κ1) is 8.54. The Kier molecular flexibility index (Phi) is 2.50. The molecule has 0 nitrogen and oxygen atoms in total. The van der Waals surface area contributed by atoms with E-state index in [1.54, 1.807) is 19.1 Å². The normalized spacial score (nSPS) is 10.2. The van der Waals surface area contributed by atoms with Crippen molar-refractivity contribution in [1.82, 2.24) is 0 Å². The molecule has 0 aliphatic carbocycles. The van der Waals surface area contributed by atoms with E-state index >= 15 is 0 Å². The fourth-order valence-corrected chi connectivity index (χ4v) is 1.14. The fraction of sp³-hybridized carbons (Fsp3) is 0.333. The van der Waals surface area contributed by atoms with Crippen molar-refractivity contribution >= 4 is 11.6 Å². The van der Waals surface area contributed by atoms with E-state index in [-0.39, 0.29) is 5.82 Å². The number of rotatable bonds is 1. The van der Waals surface area contributed by atoms with Gasteiger partial charge in [0.25, 0.3) is 0 Å². The van der Waals surface area contributed by atoms with E-state index in [0.717, 1.165) is 5.56 Å². The summed E-state index contributed by atoms with van der Waals surface area (Å²) in [5.74, 6) is -0.167. The van der Waals surface area contributed by atoms with Gasteiger partial charge >= 0.3 is 0 Å². The number of aryl methyl sites for hydroxylation is 1. The van der Waals surface area contributed by atoms with E-state index in [0.29, 0.717) is 17.0 Å². The Hall–Kier alpha value is -0.560. The smallest absolute Gasteiger partial charge is 0.130 e. The molecule has 0 amide bonds. The quantitative estimate of drug-likeness (QED) is 0.610. The van der Waals surface area contributed by atoms with Gasteiger partial charge in [0.05, 0.1) is 0 Å². The molecule has 11 heavy (non-hydrogen) atoms. The van der Waals surface area contributed by atoms with Gasteiger partial charge in [-0.2, -0.15) is 0 Å². The molecule has 0 aromatic heterocycles. The lowest BCUT2D eigenvalue weighted by molar-refractivity contribution is 0.603. The van der Waals surface area contributed by atoms with Gasteiger partial charge < -0.3 is 0 Å². The van der Waals surface area contributed by atoms with Crippen LogP contribution >= 0.6 is 11.6 Å². The predicted molar refractivity (Wildman–Crippen MR) is 45.5 cm³/mol. The van der Waals surface area contributed by atoms with Gasteiger partial charge in [-0.1, -0.05) is 24.6 Å². The third kappa shape index (κ3) is 1.54. The molecule has 0 N–H and O–H groups in total. The van der Waals surface area contributed by atoms with E-state index in [1.165, 1.54) is 0 Å². The van der Waals surface area contributed by atoms with Crippen LogP contribution < -0.4 is 0 Å². The SMILES string of the molecule is CCc1ccc(Cl)c(C)c1F. The maximum Gasteiger partial charge on any atom is 0.130 e. The maximum atomic E-state index is 13.2. The first-order valence-electron chi connectivity index (χ1n) is 3.60. The Labute approximate surface area is 71.0 Å². The minimum atomic E-state index is -0.167. The minimum Gasteiger partial charge on any atom is -0.206 e. The summed E-state index contributed by atoms with van der Waals surface area (Å²) < 4.78 is 13.2. The summed E-state index contributed by atoms with van der Waals surface area (Å²) in [4.78, 5) is 0. The summed E-state index contributed by atoms with van der Waals surface area (Å²) in [5, 5.41) is 0.500. The van der Waals surface area contributed by atoms with E-state index in [4.69, 9.17) is 11.6 Å². The Balaban J connectivity index is 3.25. The van der Waals surface area contributed by atoms with Gasteiger partial charge in [-0.25, -0.2) is 4.39 Å². The van der Waals surface area contributed by atoms with Crippen LogP contribution in [0.4, 0.5) is 4.39 Å². The third-order valence-corrected chi connectivity index (χ3v) is 2.19. The minimum absolute atomic E-state index is 0.167. The lowest BCUT2D eigenvalue weighted by atomic mass is 10.1. The van der Waals surface area contributed by atoms with Crippen LogP contribution in [-0.2, 0) is 6.42 Å². The molecule has 0 unspecified atom stereocenters. The van der Waals surface area contributed by atoms with Crippen LogP contribution in [0.25, 0.3) is 0 Å². The molecule has 0 fully saturated rings. The van der Waals surface area contributed by atoms with Crippen LogP contribution in [-0.4, -0.2) is 0 Å². The third-order valence-electron chi connectivity index (χ3n) is 1.78. The van der Waals surface area contributed by atoms with Crippen LogP contribution in [0.15, 0.2) is 12.1 Å². The molecule has 0 aliphatic rings. The van der Waals surface area contributed by atoms with Crippen LogP contribution in [0.1, 0.15) is 18.1 Å². The van der Waals surface area contributed by atoms with Crippen molar-refractivity contribution < 1.29 is 4.39 Å². The van der Waals surface area contributed by atoms with Gasteiger partial charge in [0.1, 0.15) is 5.82 Å². The number of hydrogen-bond donors (Lipinski definition) is 0. The summed E-state index contributed by atoms with van der Waals surface area (Å²) in [6, 6.07) is 3.46. The van der Waals surface area contributed by atoms with Crippen molar-refractivity contribution in [3.63, 3.8) is 0 Å². The zero-order chi connectivity index (χ0) is 8.43. The van der Waals surface area contributed by atoms with Gasteiger partial charge in [-0.05, 0) is 25.0 Å². The van der Waals surface area contributed by atoms with Crippen molar-refractivity contribution in [2.24, 2.45) is 0 Å². The zero-order valence-electron chi connectivity index (χ0n) is 6.62. The van der Waals surface area contributed by atoms with Crippen molar-refractivity contribution in [3.8, 4) is 0 Å². The van der Waals surface area contributed by atoms with Crippen LogP contribution in [0.2, 0.25) is 5.02 Å². The van der Waals surface area contributed by atoms with Crippen molar-refractivity contribution in [3.05, 3.63) is 34.1 Å². The topological polar surface area (TPSA) is 0 Å². The molecule has 60 valence electrons. The standard InChI is InChI=1S/C9H10ClF/c1-3-7-4-5-8(10)6(2)9(7)11/h4-5H,3H2,1-2H3. The largest absolute Gasteiger partial charge is 0.206 e. The lowest BCUT2D eigenvalue weighted by Gasteiger charge is -2.03. The highest BCUT2D eigenvalue weighted by Gasteiger charge is 2.05. The molecule has 2 heteroatoms. The lowest BCUT2D eigenvalue weighted by Crippen LogP contribution is -1.91. The maximum absolute atomic E-state index is 13.2. The molecule has 0 saturated heterocycles. The van der Waals surface area contributed by atoms with Crippen LogP contribution in [0, 0.1) is 12.7 Å². The van der Waals surface area contributed by atoms with E-state index < -0.39 is 0 Å². The number of benzene rings is 1. The molecule has 1 rings (SSSR count). The van der Waals surface area contributed by atoms with Gasteiger partial charge in [0.2, 0.25) is 0 Å². The first-order chi connectivity index (χ1) is 5.16. The zero-order valence-corrected chi connectivity index (χ0v) is 7.37. The van der Waals surface area contributed by atoms with E-state index in [2.05, 4.69) is 0 Å². The summed E-state index contributed by atoms with van der Waals surface area (Å²) >= 11 is 5.70. The molecule has 1 aromatic carbocycles. The molecule has 0 saturated carbocycles. The summed E-state index contributed by atoms with van der Waals surface area (Å²) in [5.41, 5.74) is 1.28. The second kappa shape index (κ2) is 3.22. The molecule has 1 aromatic rings. The summed E-state index contributed by atoms with van der Waals surface area (Å²) in [6.07, 6.45) is 0.712. The molecule has 0 spiro atoms.